The molecule has 202 valence electrons. The fourth-order valence-electron chi connectivity index (χ4n) is 6.24. The van der Waals surface area contributed by atoms with E-state index < -0.39 is 5.41 Å². The summed E-state index contributed by atoms with van der Waals surface area (Å²) in [6.45, 7) is 6.05. The standard InChI is InChI=1S/C32H41N3O3/c1-23(2)21-25-22-38-29-13-6-5-10-24(29)9-4-3-7-15-32(31(37)34-25)16-19-35(20-17-32)30(36)27-11-8-12-28-26(27)14-18-33-28/h5-6,8,10-14,18,23,25,33H,3-4,7,9,15-17,19-22H2,1-2H3,(H,34,37)/t25-/m0/s1. The number of carbonyl (C=O) groups is 2. The maximum absolute atomic E-state index is 13.9. The summed E-state index contributed by atoms with van der Waals surface area (Å²) in [6, 6.07) is 16.1. The Morgan fingerprint density at radius 3 is 2.66 bits per heavy atom. The second kappa shape index (κ2) is 11.6. The molecule has 1 spiro atoms. The number of benzene rings is 2. The fraction of sp³-hybridized carbons (Fsp3) is 0.500. The molecule has 3 heterocycles. The van der Waals surface area contributed by atoms with Crippen LogP contribution >= 0.6 is 0 Å². The number of aromatic nitrogens is 1. The van der Waals surface area contributed by atoms with E-state index in [4.69, 9.17) is 4.74 Å². The fourth-order valence-corrected chi connectivity index (χ4v) is 6.24. The Morgan fingerprint density at radius 1 is 1.03 bits per heavy atom. The lowest BCUT2D eigenvalue weighted by molar-refractivity contribution is -0.135. The summed E-state index contributed by atoms with van der Waals surface area (Å²) < 4.78 is 6.29. The van der Waals surface area contributed by atoms with Gasteiger partial charge in [-0.15, -0.1) is 0 Å². The van der Waals surface area contributed by atoms with E-state index in [1.807, 2.05) is 47.5 Å². The number of hydrogen-bond donors (Lipinski definition) is 2. The second-order valence-corrected chi connectivity index (χ2v) is 11.6. The van der Waals surface area contributed by atoms with Gasteiger partial charge in [-0.05, 0) is 74.3 Å². The molecule has 0 radical (unpaired) electrons. The Bertz CT molecular complexity index is 1260. The topological polar surface area (TPSA) is 74.4 Å². The van der Waals surface area contributed by atoms with Crippen molar-refractivity contribution in [2.24, 2.45) is 11.3 Å². The molecule has 6 nitrogen and oxygen atoms in total. The van der Waals surface area contributed by atoms with Crippen molar-refractivity contribution in [2.45, 2.75) is 71.3 Å². The first kappa shape index (κ1) is 26.3. The summed E-state index contributed by atoms with van der Waals surface area (Å²) in [5, 5.41) is 4.36. The minimum Gasteiger partial charge on any atom is -0.491 e. The molecule has 0 unspecified atom stereocenters. The number of piperidine rings is 1. The van der Waals surface area contributed by atoms with Crippen LogP contribution in [-0.2, 0) is 11.2 Å². The highest BCUT2D eigenvalue weighted by Gasteiger charge is 2.42. The van der Waals surface area contributed by atoms with Crippen molar-refractivity contribution in [3.05, 3.63) is 65.9 Å². The number of nitrogens with zero attached hydrogens (tertiary/aromatic N) is 1. The molecule has 2 N–H and O–H groups in total. The number of hydrogen-bond acceptors (Lipinski definition) is 3. The number of carbonyl (C=O) groups excluding carboxylic acids is 2. The first-order valence-corrected chi connectivity index (χ1v) is 14.3. The first-order valence-electron chi connectivity index (χ1n) is 14.3. The normalized spacial score (nSPS) is 20.7. The van der Waals surface area contributed by atoms with Crippen LogP contribution in [0.25, 0.3) is 10.9 Å². The molecule has 1 aromatic heterocycles. The van der Waals surface area contributed by atoms with E-state index in [0.717, 1.165) is 60.7 Å². The Labute approximate surface area is 226 Å². The van der Waals surface area contributed by atoms with Gasteiger partial charge in [0.1, 0.15) is 12.4 Å². The molecule has 1 fully saturated rings. The third-order valence-corrected chi connectivity index (χ3v) is 8.42. The maximum atomic E-state index is 13.9. The number of amides is 2. The van der Waals surface area contributed by atoms with Crippen molar-refractivity contribution in [3.63, 3.8) is 0 Å². The molecule has 2 aromatic carbocycles. The van der Waals surface area contributed by atoms with Crippen molar-refractivity contribution >= 4 is 22.7 Å². The highest BCUT2D eigenvalue weighted by molar-refractivity contribution is 6.06. The van der Waals surface area contributed by atoms with Crippen molar-refractivity contribution in [1.82, 2.24) is 15.2 Å². The van der Waals surface area contributed by atoms with Gasteiger partial charge in [-0.25, -0.2) is 0 Å². The van der Waals surface area contributed by atoms with Crippen LogP contribution in [0.5, 0.6) is 5.75 Å². The number of para-hydroxylation sites is 1. The van der Waals surface area contributed by atoms with E-state index in [1.54, 1.807) is 0 Å². The van der Waals surface area contributed by atoms with Crippen LogP contribution in [0.2, 0.25) is 0 Å². The molecule has 1 saturated heterocycles. The Hall–Kier alpha value is -3.28. The van der Waals surface area contributed by atoms with Crippen LogP contribution in [0.3, 0.4) is 0 Å². The number of aromatic amines is 1. The highest BCUT2D eigenvalue weighted by Crippen LogP contribution is 2.38. The van der Waals surface area contributed by atoms with Gasteiger partial charge in [-0.3, -0.25) is 9.59 Å². The Kier molecular flexibility index (Phi) is 8.06. The zero-order valence-corrected chi connectivity index (χ0v) is 22.8. The van der Waals surface area contributed by atoms with E-state index in [0.29, 0.717) is 38.5 Å². The molecule has 2 aliphatic heterocycles. The number of H-pyrrole nitrogens is 1. The molecule has 6 heteroatoms. The maximum Gasteiger partial charge on any atom is 0.254 e. The van der Waals surface area contributed by atoms with Crippen LogP contribution in [0, 0.1) is 11.3 Å². The molecule has 3 aromatic rings. The van der Waals surface area contributed by atoms with Crippen molar-refractivity contribution in [3.8, 4) is 5.75 Å². The predicted octanol–water partition coefficient (Wildman–Crippen LogP) is 6.12. The summed E-state index contributed by atoms with van der Waals surface area (Å²) in [5.74, 6) is 1.58. The smallest absolute Gasteiger partial charge is 0.254 e. The number of ether oxygens (including phenoxy) is 1. The summed E-state index contributed by atoms with van der Waals surface area (Å²) in [5.41, 5.74) is 2.51. The minimum atomic E-state index is -0.437. The third kappa shape index (κ3) is 5.74. The van der Waals surface area contributed by atoms with Gasteiger partial charge >= 0.3 is 0 Å². The molecule has 2 amide bonds. The third-order valence-electron chi connectivity index (χ3n) is 8.42. The lowest BCUT2D eigenvalue weighted by atomic mass is 9.73. The van der Waals surface area contributed by atoms with E-state index >= 15 is 0 Å². The van der Waals surface area contributed by atoms with E-state index in [-0.39, 0.29) is 17.9 Å². The minimum absolute atomic E-state index is 0.0426. The molecule has 0 bridgehead atoms. The molecule has 0 saturated carbocycles. The lowest BCUT2D eigenvalue weighted by Gasteiger charge is -2.41. The van der Waals surface area contributed by atoms with Gasteiger partial charge in [0.25, 0.3) is 5.91 Å². The van der Waals surface area contributed by atoms with Crippen molar-refractivity contribution in [1.29, 1.82) is 0 Å². The SMILES string of the molecule is CC(C)C[C@H]1COc2ccccc2CCCCCC2(CCN(C(=O)c3cccc4[nH]ccc34)CC2)C(=O)N1. The van der Waals surface area contributed by atoms with Crippen LogP contribution in [0.4, 0.5) is 0 Å². The molecule has 5 rings (SSSR count). The molecule has 38 heavy (non-hydrogen) atoms. The van der Waals surface area contributed by atoms with Gasteiger partial charge < -0.3 is 19.9 Å². The predicted molar refractivity (Wildman–Crippen MR) is 151 cm³/mol. The van der Waals surface area contributed by atoms with Crippen LogP contribution in [-0.4, -0.2) is 47.4 Å². The van der Waals surface area contributed by atoms with Gasteiger partial charge in [-0.1, -0.05) is 51.0 Å². The molecular weight excluding hydrogens is 474 g/mol. The first-order chi connectivity index (χ1) is 18.4. The average molecular weight is 516 g/mol. The molecule has 1 atom stereocenters. The molecule has 2 aliphatic rings. The summed E-state index contributed by atoms with van der Waals surface area (Å²) in [7, 11) is 0. The summed E-state index contributed by atoms with van der Waals surface area (Å²) in [4.78, 5) is 32.6. The Balaban J connectivity index is 1.32. The van der Waals surface area contributed by atoms with E-state index in [2.05, 4.69) is 36.3 Å². The molecule has 0 aliphatic carbocycles. The second-order valence-electron chi connectivity index (χ2n) is 11.6. The largest absolute Gasteiger partial charge is 0.491 e. The highest BCUT2D eigenvalue weighted by atomic mass is 16.5. The summed E-state index contributed by atoms with van der Waals surface area (Å²) in [6.07, 6.45) is 9.18. The monoisotopic (exact) mass is 515 g/mol. The quantitative estimate of drug-likeness (QED) is 0.442. The van der Waals surface area contributed by atoms with Crippen molar-refractivity contribution < 1.29 is 14.3 Å². The Morgan fingerprint density at radius 2 is 1.84 bits per heavy atom. The number of rotatable bonds is 3. The van der Waals surface area contributed by atoms with Gasteiger partial charge in [0.05, 0.1) is 11.5 Å². The van der Waals surface area contributed by atoms with Gasteiger partial charge in [0, 0.05) is 35.8 Å². The van der Waals surface area contributed by atoms with Crippen molar-refractivity contribution in [2.75, 3.05) is 19.7 Å². The number of likely N-dealkylation sites (tertiary alicyclic amines) is 1. The lowest BCUT2D eigenvalue weighted by Crippen LogP contribution is -2.53. The van der Waals surface area contributed by atoms with E-state index in [9.17, 15) is 9.59 Å². The zero-order chi connectivity index (χ0) is 26.5. The van der Waals surface area contributed by atoms with E-state index in [1.165, 1.54) is 5.56 Å². The van der Waals surface area contributed by atoms with Crippen LogP contribution in [0.15, 0.2) is 54.7 Å². The molecular formula is C32H41N3O3. The van der Waals surface area contributed by atoms with Gasteiger partial charge in [-0.2, -0.15) is 0 Å². The summed E-state index contributed by atoms with van der Waals surface area (Å²) >= 11 is 0. The number of nitrogens with one attached hydrogen (secondary N) is 2. The zero-order valence-electron chi connectivity index (χ0n) is 22.8. The van der Waals surface area contributed by atoms with Gasteiger partial charge in [0.15, 0.2) is 0 Å². The van der Waals surface area contributed by atoms with Crippen LogP contribution in [0.1, 0.15) is 74.7 Å². The van der Waals surface area contributed by atoms with Crippen LogP contribution < -0.4 is 10.1 Å². The number of fused-ring (bicyclic) bond motifs is 2. The average Bonchev–Trinajstić information content (AvgIpc) is 3.41. The number of aryl methyl sites for hydroxylation is 1. The van der Waals surface area contributed by atoms with Gasteiger partial charge in [0.2, 0.25) is 5.91 Å².